The fourth-order valence-corrected chi connectivity index (χ4v) is 1.59. The van der Waals surface area contributed by atoms with Gasteiger partial charge in [-0.3, -0.25) is 3.11 Å². The van der Waals surface area contributed by atoms with Crippen molar-refractivity contribution in [2.75, 3.05) is 0 Å². The minimum Gasteiger partial charge on any atom is -0.288 e. The molecule has 1 rings (SSSR count). The van der Waals surface area contributed by atoms with Crippen LogP contribution in [0.3, 0.4) is 0 Å². The molecule has 0 saturated carbocycles. The molecule has 0 aliphatic carbocycles. The molecule has 0 aromatic rings. The highest BCUT2D eigenvalue weighted by Gasteiger charge is 2.23. The number of hydrogen-bond donors (Lipinski definition) is 0. The summed E-state index contributed by atoms with van der Waals surface area (Å²) in [6.07, 6.45) is 7.36. The van der Waals surface area contributed by atoms with Crippen molar-refractivity contribution in [1.82, 2.24) is 3.11 Å². The van der Waals surface area contributed by atoms with Gasteiger partial charge in [-0.25, -0.2) is 9.78 Å². The maximum Gasteiger partial charge on any atom is 0.198 e. The van der Waals surface area contributed by atoms with Crippen LogP contribution in [-0.2, 0) is 9.78 Å². The molecule has 1 atom stereocenters. The maximum atomic E-state index is 5.39. The predicted molar refractivity (Wildman–Crippen MR) is 69.0 cm³/mol. The number of halogens is 1. The van der Waals surface area contributed by atoms with Gasteiger partial charge in [-0.05, 0) is 26.8 Å². The van der Waals surface area contributed by atoms with E-state index in [4.69, 9.17) is 9.78 Å². The second kappa shape index (κ2) is 5.14. The first-order chi connectivity index (χ1) is 6.94. The molecule has 0 aromatic carbocycles. The minimum atomic E-state index is -0.315. The second-order valence-electron chi connectivity index (χ2n) is 4.20. The molecule has 0 spiro atoms. The number of hydrogen-bond acceptors (Lipinski definition) is 3. The topological polar surface area (TPSA) is 21.7 Å². The zero-order valence-corrected chi connectivity index (χ0v) is 11.4. The van der Waals surface area contributed by atoms with Crippen LogP contribution < -0.4 is 0 Å². The van der Waals surface area contributed by atoms with Crippen molar-refractivity contribution in [2.45, 2.75) is 32.6 Å². The fraction of sp³-hybridized carbons (Fsp3) is 0.455. The molecule has 0 radical (unpaired) electrons. The molecule has 84 valence electrons. The highest BCUT2D eigenvalue weighted by Crippen LogP contribution is 2.24. The molecule has 4 heteroatoms. The highest BCUT2D eigenvalue weighted by molar-refractivity contribution is 14.1. The summed E-state index contributed by atoms with van der Waals surface area (Å²) in [5, 5.41) is 0. The van der Waals surface area contributed by atoms with Crippen molar-refractivity contribution in [3.8, 4) is 0 Å². The lowest BCUT2D eigenvalue weighted by atomic mass is 10.2. The Labute approximate surface area is 105 Å². The lowest BCUT2D eigenvalue weighted by molar-refractivity contribution is -0.375. The van der Waals surface area contributed by atoms with E-state index in [0.29, 0.717) is 0 Å². The summed E-state index contributed by atoms with van der Waals surface area (Å²) in [6, 6.07) is 0. The molecule has 1 heterocycles. The average molecular weight is 321 g/mol. The van der Waals surface area contributed by atoms with Crippen molar-refractivity contribution in [2.24, 2.45) is 0 Å². The third-order valence-corrected chi connectivity index (χ3v) is 2.48. The molecule has 1 unspecified atom stereocenters. The van der Waals surface area contributed by atoms with E-state index in [1.165, 1.54) is 0 Å². The van der Waals surface area contributed by atoms with Crippen molar-refractivity contribution in [1.29, 1.82) is 0 Å². The van der Waals surface area contributed by atoms with Gasteiger partial charge in [0, 0.05) is 11.8 Å². The first-order valence-electron chi connectivity index (χ1n) is 4.73. The van der Waals surface area contributed by atoms with Gasteiger partial charge in [0.25, 0.3) is 0 Å². The van der Waals surface area contributed by atoms with E-state index < -0.39 is 0 Å². The van der Waals surface area contributed by atoms with Crippen molar-refractivity contribution in [3.05, 3.63) is 36.6 Å². The smallest absolute Gasteiger partial charge is 0.198 e. The zero-order chi connectivity index (χ0) is 11.5. The van der Waals surface area contributed by atoms with Gasteiger partial charge >= 0.3 is 0 Å². The Morgan fingerprint density at radius 1 is 1.53 bits per heavy atom. The van der Waals surface area contributed by atoms with Crippen LogP contribution in [0.2, 0.25) is 0 Å². The van der Waals surface area contributed by atoms with Crippen LogP contribution in [0.4, 0.5) is 0 Å². The fourth-order valence-electron chi connectivity index (χ4n) is 0.995. The van der Waals surface area contributed by atoms with Crippen LogP contribution >= 0.6 is 22.9 Å². The Kier molecular flexibility index (Phi) is 4.36. The van der Waals surface area contributed by atoms with Gasteiger partial charge in [0.15, 0.2) is 6.23 Å². The zero-order valence-electron chi connectivity index (χ0n) is 9.24. The van der Waals surface area contributed by atoms with Gasteiger partial charge in [-0.2, -0.15) is 0 Å². The molecular formula is C11H16INO2. The summed E-state index contributed by atoms with van der Waals surface area (Å²) in [4.78, 5) is 10.7. The predicted octanol–water partition coefficient (Wildman–Crippen LogP) is 3.35. The molecule has 3 nitrogen and oxygen atoms in total. The molecule has 0 saturated heterocycles. The molecule has 0 amide bonds. The van der Waals surface area contributed by atoms with E-state index in [0.717, 1.165) is 5.57 Å². The summed E-state index contributed by atoms with van der Waals surface area (Å²) in [6.45, 7) is 9.58. The first-order valence-corrected chi connectivity index (χ1v) is 5.70. The molecule has 0 fully saturated rings. The Morgan fingerprint density at radius 3 is 2.73 bits per heavy atom. The third-order valence-electron chi connectivity index (χ3n) is 1.65. The summed E-state index contributed by atoms with van der Waals surface area (Å²) >= 11 is 2.16. The van der Waals surface area contributed by atoms with Crippen molar-refractivity contribution >= 4 is 22.9 Å². The van der Waals surface area contributed by atoms with E-state index in [2.05, 4.69) is 29.4 Å². The van der Waals surface area contributed by atoms with E-state index in [9.17, 15) is 0 Å². The van der Waals surface area contributed by atoms with Gasteiger partial charge in [0.1, 0.15) is 0 Å². The largest absolute Gasteiger partial charge is 0.288 e. The quantitative estimate of drug-likeness (QED) is 0.344. The minimum absolute atomic E-state index is 0.229. The lowest BCUT2D eigenvalue weighted by Crippen LogP contribution is -2.32. The Hall–Kier alpha value is -0.330. The van der Waals surface area contributed by atoms with E-state index in [1.54, 1.807) is 6.08 Å². The SMILES string of the molecule is C=CC1=CC=CN(I)C1OOC(C)(C)C. The molecule has 1 aliphatic rings. The highest BCUT2D eigenvalue weighted by atomic mass is 127. The second-order valence-corrected chi connectivity index (χ2v) is 5.31. The molecule has 1 aliphatic heterocycles. The normalized spacial score (nSPS) is 21.5. The maximum absolute atomic E-state index is 5.39. The monoisotopic (exact) mass is 321 g/mol. The van der Waals surface area contributed by atoms with Crippen LogP contribution in [-0.4, -0.2) is 14.9 Å². The Morgan fingerprint density at radius 2 is 2.20 bits per heavy atom. The van der Waals surface area contributed by atoms with Crippen molar-refractivity contribution < 1.29 is 9.78 Å². The van der Waals surface area contributed by atoms with Crippen molar-refractivity contribution in [3.63, 3.8) is 0 Å². The van der Waals surface area contributed by atoms with Gasteiger partial charge in [0.2, 0.25) is 0 Å². The van der Waals surface area contributed by atoms with Gasteiger partial charge in [-0.1, -0.05) is 18.7 Å². The Bertz CT molecular complexity index is 291. The molecule has 15 heavy (non-hydrogen) atoms. The number of nitrogens with zero attached hydrogens (tertiary/aromatic N) is 1. The van der Waals surface area contributed by atoms with Gasteiger partial charge in [-0.15, -0.1) is 0 Å². The first kappa shape index (κ1) is 12.7. The Balaban J connectivity index is 2.63. The molecule has 0 aromatic heterocycles. The average Bonchev–Trinajstić information content (AvgIpc) is 2.14. The summed E-state index contributed by atoms with van der Waals surface area (Å²) in [5.41, 5.74) is 0.668. The van der Waals surface area contributed by atoms with Crippen LogP contribution in [0.1, 0.15) is 20.8 Å². The van der Waals surface area contributed by atoms with Crippen LogP contribution in [0.25, 0.3) is 0 Å². The van der Waals surface area contributed by atoms with E-state index in [-0.39, 0.29) is 11.8 Å². The molecule has 0 N–H and O–H groups in total. The summed E-state index contributed by atoms with van der Waals surface area (Å²) < 4.78 is 1.90. The standard InChI is InChI=1S/C11H16INO2/c1-5-9-7-6-8-13(12)10(9)14-15-11(2,3)4/h5-8,10H,1H2,2-4H3. The van der Waals surface area contributed by atoms with Gasteiger partial charge < -0.3 is 0 Å². The van der Waals surface area contributed by atoms with Crippen LogP contribution in [0.15, 0.2) is 36.6 Å². The third kappa shape index (κ3) is 3.96. The van der Waals surface area contributed by atoms with Gasteiger partial charge in [0.05, 0.1) is 28.5 Å². The number of rotatable bonds is 3. The van der Waals surface area contributed by atoms with Crippen LogP contribution in [0, 0.1) is 0 Å². The van der Waals surface area contributed by atoms with E-state index in [1.807, 2.05) is 42.2 Å². The van der Waals surface area contributed by atoms with E-state index >= 15 is 0 Å². The number of allylic oxidation sites excluding steroid dienone is 2. The molecule has 0 bridgehead atoms. The lowest BCUT2D eigenvalue weighted by Gasteiger charge is -2.29. The summed E-state index contributed by atoms with van der Waals surface area (Å²) in [5.74, 6) is 0. The summed E-state index contributed by atoms with van der Waals surface area (Å²) in [7, 11) is 0. The van der Waals surface area contributed by atoms with Crippen LogP contribution in [0.5, 0.6) is 0 Å². The molecular weight excluding hydrogens is 305 g/mol.